The van der Waals surface area contributed by atoms with Gasteiger partial charge in [0.2, 0.25) is 0 Å². The number of hydrogen-bond acceptors (Lipinski definition) is 3. The summed E-state index contributed by atoms with van der Waals surface area (Å²) in [7, 11) is -5.02. The Kier molecular flexibility index (Phi) is 13.2. The minimum Gasteiger partial charge on any atom is -0.744 e. The third-order valence-corrected chi connectivity index (χ3v) is 11.0. The van der Waals surface area contributed by atoms with Gasteiger partial charge in [-0.1, -0.05) is 88.6 Å². The van der Waals surface area contributed by atoms with E-state index in [0.29, 0.717) is 0 Å². The Hall–Kier alpha value is -1.22. The maximum absolute atomic E-state index is 10.3. The van der Waals surface area contributed by atoms with E-state index in [-0.39, 0.29) is 4.90 Å². The number of rotatable bonds is 12. The molecule has 5 heteroatoms. The van der Waals surface area contributed by atoms with Crippen LogP contribution in [0.25, 0.3) is 0 Å². The lowest BCUT2D eigenvalue weighted by Gasteiger charge is -2.28. The Morgan fingerprint density at radius 1 is 0.700 bits per heavy atom. The molecule has 0 saturated heterocycles. The van der Waals surface area contributed by atoms with Crippen LogP contribution >= 0.6 is 7.26 Å². The van der Waals surface area contributed by atoms with Gasteiger partial charge in [0.1, 0.15) is 10.1 Å². The summed E-state index contributed by atoms with van der Waals surface area (Å²) in [5, 5.41) is 0. The van der Waals surface area contributed by atoms with Gasteiger partial charge < -0.3 is 4.55 Å². The van der Waals surface area contributed by atoms with Crippen molar-refractivity contribution in [3.05, 3.63) is 66.2 Å². The van der Waals surface area contributed by atoms with Gasteiger partial charge in [-0.2, -0.15) is 0 Å². The van der Waals surface area contributed by atoms with E-state index < -0.39 is 17.4 Å². The van der Waals surface area contributed by atoms with E-state index in [4.69, 9.17) is 0 Å². The second-order valence-corrected chi connectivity index (χ2v) is 13.7. The first-order chi connectivity index (χ1) is 14.4. The van der Waals surface area contributed by atoms with Crippen molar-refractivity contribution in [2.75, 3.05) is 18.5 Å². The van der Waals surface area contributed by atoms with E-state index in [1.807, 2.05) is 0 Å². The normalized spacial score (nSPS) is 11.6. The zero-order valence-corrected chi connectivity index (χ0v) is 20.6. The van der Waals surface area contributed by atoms with Crippen molar-refractivity contribution in [2.45, 2.75) is 70.4 Å². The van der Waals surface area contributed by atoms with Crippen molar-refractivity contribution < 1.29 is 13.0 Å². The largest absolute Gasteiger partial charge is 0.744 e. The molecule has 2 aromatic carbocycles. The van der Waals surface area contributed by atoms with Gasteiger partial charge in [0, 0.05) is 7.26 Å². The highest BCUT2D eigenvalue weighted by atomic mass is 32.2. The predicted molar refractivity (Wildman–Crippen MR) is 131 cm³/mol. The molecule has 0 atom stereocenters. The number of hydrogen-bond donors (Lipinski definition) is 0. The van der Waals surface area contributed by atoms with Crippen LogP contribution in [-0.4, -0.2) is 31.5 Å². The summed E-state index contributed by atoms with van der Waals surface area (Å²) in [4.78, 5) is -0.185. The Morgan fingerprint density at radius 2 is 1.10 bits per heavy atom. The highest BCUT2D eigenvalue weighted by Crippen LogP contribution is 2.63. The number of unbranched alkanes of at least 4 members (excludes halogenated alkanes) is 3. The Balaban J connectivity index is 0.000000375. The molecular weight excluding hydrogens is 411 g/mol. The highest BCUT2D eigenvalue weighted by molar-refractivity contribution is 7.85. The Morgan fingerprint density at radius 3 is 1.43 bits per heavy atom. The molecule has 0 radical (unpaired) electrons. The summed E-state index contributed by atoms with van der Waals surface area (Å²) < 4.78 is 30.8. The molecule has 0 spiro atoms. The van der Waals surface area contributed by atoms with E-state index in [0.717, 1.165) is 0 Å². The molecule has 0 bridgehead atoms. The van der Waals surface area contributed by atoms with Crippen LogP contribution in [0.15, 0.2) is 65.6 Å². The lowest BCUT2D eigenvalue weighted by Crippen LogP contribution is -2.11. The van der Waals surface area contributed by atoms with Gasteiger partial charge in [-0.25, -0.2) is 8.42 Å². The van der Waals surface area contributed by atoms with E-state index >= 15 is 0 Å². The van der Waals surface area contributed by atoms with Crippen LogP contribution in [0, 0.1) is 0 Å². The summed E-state index contributed by atoms with van der Waals surface area (Å²) in [6.45, 7) is 7.03. The third-order valence-electron chi connectivity index (χ3n) is 5.35. The van der Waals surface area contributed by atoms with Gasteiger partial charge in [0.25, 0.3) is 0 Å². The molecule has 30 heavy (non-hydrogen) atoms. The van der Waals surface area contributed by atoms with Crippen LogP contribution in [-0.2, 0) is 16.3 Å². The van der Waals surface area contributed by atoms with Crippen LogP contribution in [0.2, 0.25) is 0 Å². The molecule has 0 heterocycles. The summed E-state index contributed by atoms with van der Waals surface area (Å²) >= 11 is 0. The zero-order chi connectivity index (χ0) is 22.3. The van der Waals surface area contributed by atoms with Gasteiger partial charge >= 0.3 is 0 Å². The van der Waals surface area contributed by atoms with Crippen molar-refractivity contribution in [3.8, 4) is 0 Å². The van der Waals surface area contributed by atoms with Gasteiger partial charge in [-0.15, -0.1) is 0 Å². The maximum atomic E-state index is 10.3. The lowest BCUT2D eigenvalue weighted by atomic mass is 10.2. The monoisotopic (exact) mass is 450 g/mol. The van der Waals surface area contributed by atoms with Gasteiger partial charge in [0.15, 0.2) is 0 Å². The van der Waals surface area contributed by atoms with E-state index in [1.165, 1.54) is 87.4 Å². The quantitative estimate of drug-likeness (QED) is 0.254. The highest BCUT2D eigenvalue weighted by Gasteiger charge is 2.35. The van der Waals surface area contributed by atoms with Crippen molar-refractivity contribution in [1.29, 1.82) is 0 Å². The smallest absolute Gasteiger partial charge is 0.124 e. The average molecular weight is 451 g/mol. The molecule has 0 unspecified atom stereocenters. The predicted octanol–water partition coefficient (Wildman–Crippen LogP) is 7.20. The van der Waals surface area contributed by atoms with Crippen LogP contribution in [0.1, 0.15) is 64.9 Å². The summed E-state index contributed by atoms with van der Waals surface area (Å²) in [5.74, 6) is 0. The first-order valence-electron chi connectivity index (χ1n) is 11.3. The van der Waals surface area contributed by atoms with E-state index in [2.05, 4.69) is 51.1 Å². The first kappa shape index (κ1) is 26.8. The maximum Gasteiger partial charge on any atom is 0.124 e. The topological polar surface area (TPSA) is 57.2 Å². The van der Waals surface area contributed by atoms with Crippen molar-refractivity contribution in [2.24, 2.45) is 0 Å². The molecule has 168 valence electrons. The van der Waals surface area contributed by atoms with Crippen molar-refractivity contribution in [3.63, 3.8) is 0 Å². The van der Waals surface area contributed by atoms with E-state index in [1.54, 1.807) is 11.6 Å². The average Bonchev–Trinajstić information content (AvgIpc) is 2.76. The molecule has 0 aliphatic rings. The minimum absolute atomic E-state index is 0.185. The fourth-order valence-electron chi connectivity index (χ4n) is 3.61. The minimum atomic E-state index is -4.25. The van der Waals surface area contributed by atoms with Gasteiger partial charge in [0.05, 0.1) is 29.5 Å². The summed E-state index contributed by atoms with van der Waals surface area (Å²) in [6, 6.07) is 18.5. The van der Waals surface area contributed by atoms with Crippen molar-refractivity contribution in [1.82, 2.24) is 0 Å². The van der Waals surface area contributed by atoms with Gasteiger partial charge in [-0.05, 0) is 37.0 Å². The molecule has 0 aromatic heterocycles. The van der Waals surface area contributed by atoms with Crippen LogP contribution in [0.3, 0.4) is 0 Å². The summed E-state index contributed by atoms with van der Waals surface area (Å²) in [6.07, 6.45) is 14.4. The standard InChI is InChI=1S/C19H34P.C6H6O3S/c1-4-7-15-20(16-8-5-2,17-9-6-3)18-19-13-11-10-12-14-19;7-10(8,9)6-4-2-1-3-5-6/h10-14H,4-9,15-18H2,1-3H3;1-5H,(H,7,8,9)/q+1;/p-1. The Bertz CT molecular complexity index is 755. The second-order valence-electron chi connectivity index (χ2n) is 7.98. The second kappa shape index (κ2) is 14.7. The summed E-state index contributed by atoms with van der Waals surface area (Å²) in [5.41, 5.74) is 1.59. The SMILES string of the molecule is CCCC[P+](CCCC)(CCCC)Cc1ccccc1.O=S(=O)([O-])c1ccccc1. The fraction of sp³-hybridized carbons (Fsp3) is 0.520. The van der Waals surface area contributed by atoms with Crippen LogP contribution in [0.5, 0.6) is 0 Å². The molecule has 0 aliphatic carbocycles. The number of benzene rings is 2. The molecule has 3 nitrogen and oxygen atoms in total. The molecule has 0 amide bonds. The third kappa shape index (κ3) is 10.7. The van der Waals surface area contributed by atoms with Crippen LogP contribution < -0.4 is 0 Å². The zero-order valence-electron chi connectivity index (χ0n) is 18.9. The molecule has 0 fully saturated rings. The molecule has 2 aromatic rings. The first-order valence-corrected chi connectivity index (χ1v) is 15.2. The molecule has 0 N–H and O–H groups in total. The molecule has 0 aliphatic heterocycles. The lowest BCUT2D eigenvalue weighted by molar-refractivity contribution is 0.463. The van der Waals surface area contributed by atoms with Gasteiger partial charge in [-0.3, -0.25) is 0 Å². The molecule has 2 rings (SSSR count). The molecular formula is C25H39O3PS. The van der Waals surface area contributed by atoms with Crippen LogP contribution in [0.4, 0.5) is 0 Å². The molecule has 0 saturated carbocycles. The fourth-order valence-corrected chi connectivity index (χ4v) is 9.19. The van der Waals surface area contributed by atoms with E-state index in [9.17, 15) is 13.0 Å². The van der Waals surface area contributed by atoms with Crippen molar-refractivity contribution >= 4 is 17.4 Å². The Labute approximate surface area is 185 Å².